The van der Waals surface area contributed by atoms with Gasteiger partial charge in [-0.15, -0.1) is 0 Å². The number of benzene rings is 2. The number of hydrogen-bond acceptors (Lipinski definition) is 2. The zero-order valence-electron chi connectivity index (χ0n) is 14.2. The molecule has 0 saturated carbocycles. The fraction of sp³-hybridized carbons (Fsp3) is 0.350. The van der Waals surface area contributed by atoms with Gasteiger partial charge >= 0.3 is 0 Å². The Hall–Kier alpha value is -2.13. The second kappa shape index (κ2) is 7.42. The maximum Gasteiger partial charge on any atom is 0.251 e. The van der Waals surface area contributed by atoms with Gasteiger partial charge < -0.3 is 11.1 Å². The van der Waals surface area contributed by atoms with Crippen LogP contribution in [0.25, 0.3) is 0 Å². The quantitative estimate of drug-likeness (QED) is 0.875. The molecule has 122 valence electrons. The second-order valence-corrected chi connectivity index (χ2v) is 7.10. The molecule has 2 aromatic carbocycles. The van der Waals surface area contributed by atoms with Crippen molar-refractivity contribution in [1.82, 2.24) is 5.32 Å². The van der Waals surface area contributed by atoms with Crippen LogP contribution < -0.4 is 11.1 Å². The van der Waals surface area contributed by atoms with E-state index in [4.69, 9.17) is 5.73 Å². The molecule has 0 aliphatic heterocycles. The summed E-state index contributed by atoms with van der Waals surface area (Å²) in [6.07, 6.45) is 0.879. The molecule has 3 N–H and O–H groups in total. The van der Waals surface area contributed by atoms with Gasteiger partial charge in [0.25, 0.3) is 5.91 Å². The van der Waals surface area contributed by atoms with Crippen molar-refractivity contribution in [2.75, 3.05) is 0 Å². The summed E-state index contributed by atoms with van der Waals surface area (Å²) in [4.78, 5) is 12.6. The Morgan fingerprint density at radius 2 is 1.65 bits per heavy atom. The van der Waals surface area contributed by atoms with Gasteiger partial charge in [-0.3, -0.25) is 4.79 Å². The number of rotatable bonds is 5. The average molecular weight is 310 g/mol. The fourth-order valence-electron chi connectivity index (χ4n) is 2.58. The van der Waals surface area contributed by atoms with Crippen LogP contribution in [0.3, 0.4) is 0 Å². The molecule has 0 fully saturated rings. The van der Waals surface area contributed by atoms with Gasteiger partial charge in [0.15, 0.2) is 0 Å². The van der Waals surface area contributed by atoms with Crippen LogP contribution in [0, 0.1) is 5.41 Å². The maximum absolute atomic E-state index is 12.6. The molecule has 0 bridgehead atoms. The molecule has 0 spiro atoms. The van der Waals surface area contributed by atoms with Crippen LogP contribution in [0.5, 0.6) is 0 Å². The number of carbonyl (C=O) groups excluding carboxylic acids is 1. The van der Waals surface area contributed by atoms with Crippen LogP contribution in [0.15, 0.2) is 54.6 Å². The van der Waals surface area contributed by atoms with Crippen LogP contribution in [0.1, 0.15) is 54.7 Å². The Labute approximate surface area is 138 Å². The van der Waals surface area contributed by atoms with Gasteiger partial charge in [-0.25, -0.2) is 0 Å². The lowest BCUT2D eigenvalue weighted by molar-refractivity contribution is 0.0926. The van der Waals surface area contributed by atoms with Gasteiger partial charge in [-0.2, -0.15) is 0 Å². The van der Waals surface area contributed by atoms with E-state index >= 15 is 0 Å². The minimum absolute atomic E-state index is 0.00196. The van der Waals surface area contributed by atoms with Crippen molar-refractivity contribution in [2.45, 2.75) is 39.8 Å². The first-order chi connectivity index (χ1) is 10.9. The minimum Gasteiger partial charge on any atom is -0.345 e. The van der Waals surface area contributed by atoms with Crippen molar-refractivity contribution in [2.24, 2.45) is 11.1 Å². The third kappa shape index (κ3) is 5.22. The van der Waals surface area contributed by atoms with E-state index in [0.717, 1.165) is 17.5 Å². The summed E-state index contributed by atoms with van der Waals surface area (Å²) in [6.45, 7) is 7.04. The zero-order valence-corrected chi connectivity index (χ0v) is 14.2. The first-order valence-electron chi connectivity index (χ1n) is 8.04. The highest BCUT2D eigenvalue weighted by Crippen LogP contribution is 2.29. The predicted molar refractivity (Wildman–Crippen MR) is 95.1 cm³/mol. The van der Waals surface area contributed by atoms with Gasteiger partial charge in [-0.1, -0.05) is 63.2 Å². The lowest BCUT2D eigenvalue weighted by Crippen LogP contribution is -2.31. The molecule has 0 aliphatic carbocycles. The monoisotopic (exact) mass is 310 g/mol. The first-order valence-corrected chi connectivity index (χ1v) is 8.04. The van der Waals surface area contributed by atoms with Crippen LogP contribution in [-0.4, -0.2) is 5.91 Å². The molecule has 1 unspecified atom stereocenters. The van der Waals surface area contributed by atoms with E-state index in [9.17, 15) is 4.79 Å². The van der Waals surface area contributed by atoms with E-state index in [1.54, 1.807) is 0 Å². The lowest BCUT2D eigenvalue weighted by atomic mass is 9.85. The predicted octanol–water partition coefficient (Wildman–Crippen LogP) is 4.05. The molecule has 0 radical (unpaired) electrons. The van der Waals surface area contributed by atoms with Gasteiger partial charge in [-0.05, 0) is 35.1 Å². The summed E-state index contributed by atoms with van der Waals surface area (Å²) in [5.41, 5.74) is 8.55. The summed E-state index contributed by atoms with van der Waals surface area (Å²) in [5, 5.41) is 3.17. The first kappa shape index (κ1) is 17.2. The Morgan fingerprint density at radius 1 is 1.04 bits per heavy atom. The van der Waals surface area contributed by atoms with Crippen LogP contribution in [0.2, 0.25) is 0 Å². The van der Waals surface area contributed by atoms with E-state index in [-0.39, 0.29) is 17.4 Å². The molecule has 1 atom stereocenters. The topological polar surface area (TPSA) is 55.1 Å². The van der Waals surface area contributed by atoms with Gasteiger partial charge in [0.05, 0.1) is 6.04 Å². The van der Waals surface area contributed by atoms with Crippen molar-refractivity contribution >= 4 is 5.91 Å². The van der Waals surface area contributed by atoms with E-state index in [2.05, 4.69) is 38.2 Å². The average Bonchev–Trinajstić information content (AvgIpc) is 2.54. The Morgan fingerprint density at radius 3 is 2.17 bits per heavy atom. The highest BCUT2D eigenvalue weighted by molar-refractivity contribution is 5.94. The van der Waals surface area contributed by atoms with Crippen molar-refractivity contribution in [1.29, 1.82) is 0 Å². The van der Waals surface area contributed by atoms with E-state index < -0.39 is 0 Å². The third-order valence-electron chi connectivity index (χ3n) is 3.78. The molecule has 0 aromatic heterocycles. The SMILES string of the molecule is CC(C)(C)CC(NC(=O)c1ccc(CN)cc1)c1ccccc1. The molecular weight excluding hydrogens is 284 g/mol. The third-order valence-corrected chi connectivity index (χ3v) is 3.78. The number of nitrogens with two attached hydrogens (primary N) is 1. The van der Waals surface area contributed by atoms with Crippen LogP contribution in [-0.2, 0) is 6.54 Å². The summed E-state index contributed by atoms with van der Waals surface area (Å²) in [6, 6.07) is 17.6. The number of nitrogens with one attached hydrogen (secondary N) is 1. The standard InChI is InChI=1S/C20H26N2O/c1-20(2,3)13-18(16-7-5-4-6-8-16)22-19(23)17-11-9-15(14-21)10-12-17/h4-12,18H,13-14,21H2,1-3H3,(H,22,23). The lowest BCUT2D eigenvalue weighted by Gasteiger charge is -2.27. The van der Waals surface area contributed by atoms with Crippen LogP contribution in [0.4, 0.5) is 0 Å². The Balaban J connectivity index is 2.17. The van der Waals surface area contributed by atoms with Gasteiger partial charge in [0.1, 0.15) is 0 Å². The molecule has 3 heteroatoms. The summed E-state index contributed by atoms with van der Waals surface area (Å²) in [5.74, 6) is -0.0494. The summed E-state index contributed by atoms with van der Waals surface area (Å²) in [7, 11) is 0. The molecule has 0 heterocycles. The summed E-state index contributed by atoms with van der Waals surface area (Å²) >= 11 is 0. The molecule has 2 rings (SSSR count). The number of amides is 1. The molecule has 1 amide bonds. The number of carbonyl (C=O) groups is 1. The van der Waals surface area contributed by atoms with Crippen molar-refractivity contribution < 1.29 is 4.79 Å². The molecule has 23 heavy (non-hydrogen) atoms. The van der Waals surface area contributed by atoms with E-state index in [0.29, 0.717) is 12.1 Å². The molecule has 0 aliphatic rings. The minimum atomic E-state index is -0.0494. The molecule has 3 nitrogen and oxygen atoms in total. The Kier molecular flexibility index (Phi) is 5.56. The smallest absolute Gasteiger partial charge is 0.251 e. The maximum atomic E-state index is 12.6. The normalized spacial score (nSPS) is 12.7. The molecule has 2 aromatic rings. The van der Waals surface area contributed by atoms with Crippen molar-refractivity contribution in [3.8, 4) is 0 Å². The molecular formula is C20H26N2O. The van der Waals surface area contributed by atoms with Gasteiger partial charge in [0.2, 0.25) is 0 Å². The largest absolute Gasteiger partial charge is 0.345 e. The second-order valence-electron chi connectivity index (χ2n) is 7.10. The van der Waals surface area contributed by atoms with Crippen LogP contribution >= 0.6 is 0 Å². The Bertz CT molecular complexity index is 627. The van der Waals surface area contributed by atoms with Crippen molar-refractivity contribution in [3.05, 3.63) is 71.3 Å². The zero-order chi connectivity index (χ0) is 16.9. The highest BCUT2D eigenvalue weighted by atomic mass is 16.1. The van der Waals surface area contributed by atoms with Gasteiger partial charge in [0, 0.05) is 12.1 Å². The van der Waals surface area contributed by atoms with Crippen molar-refractivity contribution in [3.63, 3.8) is 0 Å². The summed E-state index contributed by atoms with van der Waals surface area (Å²) < 4.78 is 0. The molecule has 0 saturated heterocycles. The van der Waals surface area contributed by atoms with E-state index in [1.165, 1.54) is 0 Å². The fourth-order valence-corrected chi connectivity index (χ4v) is 2.58. The highest BCUT2D eigenvalue weighted by Gasteiger charge is 2.22. The van der Waals surface area contributed by atoms with E-state index in [1.807, 2.05) is 42.5 Å². The number of hydrogen-bond donors (Lipinski definition) is 2.